The molecule has 1 aromatic rings. The van der Waals surface area contributed by atoms with Gasteiger partial charge in [0, 0.05) is 32.2 Å². The SMILES string of the molecule is CC1CCCCC1NCCN1CCn2cnnc2C1. The van der Waals surface area contributed by atoms with Crippen molar-refractivity contribution in [1.82, 2.24) is 25.0 Å². The fourth-order valence-corrected chi connectivity index (χ4v) is 3.33. The Hall–Kier alpha value is -0.940. The van der Waals surface area contributed by atoms with E-state index in [0.29, 0.717) is 0 Å². The van der Waals surface area contributed by atoms with E-state index >= 15 is 0 Å². The molecule has 0 spiro atoms. The van der Waals surface area contributed by atoms with Gasteiger partial charge in [-0.1, -0.05) is 19.8 Å². The van der Waals surface area contributed by atoms with Gasteiger partial charge in [0.1, 0.15) is 12.2 Å². The third-order valence-electron chi connectivity index (χ3n) is 4.66. The Kier molecular flexibility index (Phi) is 4.13. The van der Waals surface area contributed by atoms with Crippen LogP contribution in [0.3, 0.4) is 0 Å². The molecule has 1 aliphatic heterocycles. The van der Waals surface area contributed by atoms with Crippen LogP contribution in [0.15, 0.2) is 6.33 Å². The number of aromatic nitrogens is 3. The molecule has 2 atom stereocenters. The summed E-state index contributed by atoms with van der Waals surface area (Å²) >= 11 is 0. The first-order valence-electron chi connectivity index (χ1n) is 7.65. The second kappa shape index (κ2) is 6.01. The van der Waals surface area contributed by atoms with E-state index < -0.39 is 0 Å². The van der Waals surface area contributed by atoms with Crippen molar-refractivity contribution in [3.8, 4) is 0 Å². The molecule has 0 aromatic carbocycles. The lowest BCUT2D eigenvalue weighted by atomic mass is 9.86. The predicted octanol–water partition coefficient (Wildman–Crippen LogP) is 1.26. The van der Waals surface area contributed by atoms with E-state index in [4.69, 9.17) is 0 Å². The lowest BCUT2D eigenvalue weighted by Gasteiger charge is -2.31. The van der Waals surface area contributed by atoms with Gasteiger partial charge in [0.2, 0.25) is 0 Å². The van der Waals surface area contributed by atoms with Crippen LogP contribution in [0.1, 0.15) is 38.4 Å². The number of fused-ring (bicyclic) bond motifs is 1. The van der Waals surface area contributed by atoms with Gasteiger partial charge in [-0.25, -0.2) is 0 Å². The molecule has 2 aliphatic rings. The van der Waals surface area contributed by atoms with Crippen LogP contribution in [-0.2, 0) is 13.1 Å². The van der Waals surface area contributed by atoms with E-state index in [1.54, 1.807) is 0 Å². The minimum atomic E-state index is 0.738. The molecular weight excluding hydrogens is 238 g/mol. The van der Waals surface area contributed by atoms with Gasteiger partial charge >= 0.3 is 0 Å². The van der Waals surface area contributed by atoms with E-state index in [2.05, 4.69) is 31.9 Å². The van der Waals surface area contributed by atoms with Crippen LogP contribution in [0, 0.1) is 5.92 Å². The van der Waals surface area contributed by atoms with Crippen LogP contribution in [0.25, 0.3) is 0 Å². The zero-order valence-electron chi connectivity index (χ0n) is 11.9. The first-order valence-corrected chi connectivity index (χ1v) is 7.65. The summed E-state index contributed by atoms with van der Waals surface area (Å²) in [7, 11) is 0. The van der Waals surface area contributed by atoms with E-state index in [1.165, 1.54) is 25.7 Å². The Labute approximate surface area is 115 Å². The Morgan fingerprint density at radius 1 is 1.32 bits per heavy atom. The molecule has 1 aliphatic carbocycles. The van der Waals surface area contributed by atoms with Crippen LogP contribution in [0.4, 0.5) is 0 Å². The first-order chi connectivity index (χ1) is 9.33. The summed E-state index contributed by atoms with van der Waals surface area (Å²) in [4.78, 5) is 2.48. The Balaban J connectivity index is 1.41. The van der Waals surface area contributed by atoms with Crippen LogP contribution in [-0.4, -0.2) is 45.3 Å². The molecule has 0 bridgehead atoms. The summed E-state index contributed by atoms with van der Waals surface area (Å²) in [6.07, 6.45) is 7.41. The van der Waals surface area contributed by atoms with Gasteiger partial charge in [0.25, 0.3) is 0 Å². The number of nitrogens with zero attached hydrogens (tertiary/aromatic N) is 4. The molecule has 1 N–H and O–H groups in total. The van der Waals surface area contributed by atoms with Crippen LogP contribution >= 0.6 is 0 Å². The van der Waals surface area contributed by atoms with Gasteiger partial charge in [-0.2, -0.15) is 0 Å². The molecule has 0 saturated heterocycles. The summed E-state index contributed by atoms with van der Waals surface area (Å²) in [5, 5.41) is 11.9. The van der Waals surface area contributed by atoms with Gasteiger partial charge in [-0.15, -0.1) is 10.2 Å². The summed E-state index contributed by atoms with van der Waals surface area (Å²) in [6.45, 7) is 7.70. The highest BCUT2D eigenvalue weighted by atomic mass is 15.3. The van der Waals surface area contributed by atoms with Gasteiger partial charge in [-0.05, 0) is 18.8 Å². The van der Waals surface area contributed by atoms with Crippen molar-refractivity contribution in [3.05, 3.63) is 12.2 Å². The van der Waals surface area contributed by atoms with Crippen LogP contribution < -0.4 is 5.32 Å². The van der Waals surface area contributed by atoms with Crippen LogP contribution in [0.5, 0.6) is 0 Å². The van der Waals surface area contributed by atoms with Crippen molar-refractivity contribution < 1.29 is 0 Å². The average molecular weight is 263 g/mol. The molecule has 5 nitrogen and oxygen atoms in total. The third kappa shape index (κ3) is 3.15. The molecule has 106 valence electrons. The topological polar surface area (TPSA) is 46.0 Å². The summed E-state index contributed by atoms with van der Waals surface area (Å²) in [6, 6.07) is 0.738. The average Bonchev–Trinajstić information content (AvgIpc) is 2.88. The zero-order valence-corrected chi connectivity index (χ0v) is 11.9. The lowest BCUT2D eigenvalue weighted by Crippen LogP contribution is -2.43. The largest absolute Gasteiger partial charge is 0.315 e. The van der Waals surface area contributed by atoms with Gasteiger partial charge in [-0.3, -0.25) is 4.90 Å². The van der Waals surface area contributed by atoms with Crippen molar-refractivity contribution in [2.45, 2.75) is 51.7 Å². The molecule has 3 rings (SSSR count). The fourth-order valence-electron chi connectivity index (χ4n) is 3.33. The number of rotatable bonds is 4. The van der Waals surface area contributed by atoms with Crippen molar-refractivity contribution >= 4 is 0 Å². The zero-order chi connectivity index (χ0) is 13.1. The van der Waals surface area contributed by atoms with Crippen LogP contribution in [0.2, 0.25) is 0 Å². The molecule has 0 radical (unpaired) electrons. The molecule has 1 fully saturated rings. The normalized spacial score (nSPS) is 28.3. The van der Waals surface area contributed by atoms with Crippen molar-refractivity contribution in [1.29, 1.82) is 0 Å². The maximum atomic E-state index is 4.17. The second-order valence-electron chi connectivity index (χ2n) is 6.04. The third-order valence-corrected chi connectivity index (χ3v) is 4.66. The second-order valence-corrected chi connectivity index (χ2v) is 6.04. The van der Waals surface area contributed by atoms with Crippen molar-refractivity contribution in [3.63, 3.8) is 0 Å². The molecule has 5 heteroatoms. The highest BCUT2D eigenvalue weighted by molar-refractivity contribution is 4.90. The monoisotopic (exact) mass is 263 g/mol. The molecule has 2 heterocycles. The Morgan fingerprint density at radius 3 is 3.11 bits per heavy atom. The summed E-state index contributed by atoms with van der Waals surface area (Å²) in [5.74, 6) is 1.95. The summed E-state index contributed by atoms with van der Waals surface area (Å²) < 4.78 is 2.16. The van der Waals surface area contributed by atoms with E-state index in [9.17, 15) is 0 Å². The molecule has 0 amide bonds. The van der Waals surface area contributed by atoms with E-state index in [-0.39, 0.29) is 0 Å². The van der Waals surface area contributed by atoms with Gasteiger partial charge in [0.05, 0.1) is 6.54 Å². The highest BCUT2D eigenvalue weighted by Gasteiger charge is 2.21. The van der Waals surface area contributed by atoms with E-state index in [1.807, 2.05) is 6.33 Å². The quantitative estimate of drug-likeness (QED) is 0.888. The molecule has 19 heavy (non-hydrogen) atoms. The number of hydrogen-bond acceptors (Lipinski definition) is 4. The highest BCUT2D eigenvalue weighted by Crippen LogP contribution is 2.23. The van der Waals surface area contributed by atoms with Crippen molar-refractivity contribution in [2.75, 3.05) is 19.6 Å². The number of hydrogen-bond donors (Lipinski definition) is 1. The molecule has 1 aromatic heterocycles. The molecule has 2 unspecified atom stereocenters. The van der Waals surface area contributed by atoms with Gasteiger partial charge < -0.3 is 9.88 Å². The molecule has 1 saturated carbocycles. The fraction of sp³-hybridized carbons (Fsp3) is 0.857. The maximum Gasteiger partial charge on any atom is 0.147 e. The smallest absolute Gasteiger partial charge is 0.147 e. The molecular formula is C14H25N5. The Morgan fingerprint density at radius 2 is 2.21 bits per heavy atom. The van der Waals surface area contributed by atoms with Gasteiger partial charge in [0.15, 0.2) is 0 Å². The predicted molar refractivity (Wildman–Crippen MR) is 74.7 cm³/mol. The minimum Gasteiger partial charge on any atom is -0.315 e. The Bertz CT molecular complexity index is 402. The first kappa shape index (κ1) is 13.1. The maximum absolute atomic E-state index is 4.17. The van der Waals surface area contributed by atoms with Crippen molar-refractivity contribution in [2.24, 2.45) is 5.92 Å². The minimum absolute atomic E-state index is 0.738. The van der Waals surface area contributed by atoms with E-state index in [0.717, 1.165) is 50.5 Å². The number of nitrogens with one attached hydrogen (secondary N) is 1. The standard InChI is InChI=1S/C14H25N5/c1-12-4-2-3-5-13(12)15-6-7-18-8-9-19-11-16-17-14(19)10-18/h11-13,15H,2-10H2,1H3. The lowest BCUT2D eigenvalue weighted by molar-refractivity contribution is 0.204. The summed E-state index contributed by atoms with van der Waals surface area (Å²) in [5.41, 5.74) is 0.